The highest BCUT2D eigenvalue weighted by atomic mass is 32.2. The molecule has 0 aliphatic heterocycles. The summed E-state index contributed by atoms with van der Waals surface area (Å²) in [6.07, 6.45) is 2.10. The summed E-state index contributed by atoms with van der Waals surface area (Å²) in [4.78, 5) is 0.0132. The molecule has 7 nitrogen and oxygen atoms in total. The SMILES string of the molecule is CCCn1cc(S(=O)(=O)NCC(C)OC)c(N)n1. The molecule has 3 N–H and O–H groups in total. The number of sulfonamides is 1. The number of nitrogens with two attached hydrogens (primary N) is 1. The van der Waals surface area contributed by atoms with Crippen LogP contribution in [0.15, 0.2) is 11.1 Å². The van der Waals surface area contributed by atoms with Gasteiger partial charge in [-0.1, -0.05) is 6.92 Å². The fraction of sp³-hybridized carbons (Fsp3) is 0.700. The van der Waals surface area contributed by atoms with Crippen LogP contribution in [0.5, 0.6) is 0 Å². The van der Waals surface area contributed by atoms with Crippen LogP contribution in [0.2, 0.25) is 0 Å². The maximum Gasteiger partial charge on any atom is 0.245 e. The van der Waals surface area contributed by atoms with Crippen LogP contribution in [-0.2, 0) is 21.3 Å². The zero-order chi connectivity index (χ0) is 13.8. The Morgan fingerprint density at radius 3 is 2.83 bits per heavy atom. The van der Waals surface area contributed by atoms with E-state index in [-0.39, 0.29) is 23.4 Å². The number of methoxy groups -OCH3 is 1. The molecule has 1 aromatic heterocycles. The first kappa shape index (κ1) is 14.9. The van der Waals surface area contributed by atoms with Gasteiger partial charge in [0.1, 0.15) is 4.90 Å². The minimum Gasteiger partial charge on any atom is -0.381 e. The van der Waals surface area contributed by atoms with E-state index in [1.54, 1.807) is 6.92 Å². The van der Waals surface area contributed by atoms with Crippen molar-refractivity contribution in [2.75, 3.05) is 19.4 Å². The van der Waals surface area contributed by atoms with Crippen LogP contribution in [0.25, 0.3) is 0 Å². The van der Waals surface area contributed by atoms with Gasteiger partial charge in [0, 0.05) is 26.4 Å². The predicted octanol–water partition coefficient (Wildman–Crippen LogP) is 0.189. The molecule has 104 valence electrons. The molecule has 0 aliphatic carbocycles. The molecule has 1 rings (SSSR count). The van der Waals surface area contributed by atoms with Gasteiger partial charge in [-0.15, -0.1) is 0 Å². The monoisotopic (exact) mass is 276 g/mol. The molecule has 1 atom stereocenters. The largest absolute Gasteiger partial charge is 0.381 e. The number of aryl methyl sites for hydroxylation is 1. The van der Waals surface area contributed by atoms with E-state index in [2.05, 4.69) is 9.82 Å². The number of nitrogens with zero attached hydrogens (tertiary/aromatic N) is 2. The number of hydrogen-bond donors (Lipinski definition) is 2. The van der Waals surface area contributed by atoms with E-state index in [9.17, 15) is 8.42 Å². The topological polar surface area (TPSA) is 99.2 Å². The summed E-state index contributed by atoms with van der Waals surface area (Å²) in [5.74, 6) is 0.0148. The van der Waals surface area contributed by atoms with Crippen LogP contribution >= 0.6 is 0 Å². The first-order valence-corrected chi connectivity index (χ1v) is 7.24. The third-order valence-corrected chi connectivity index (χ3v) is 3.90. The molecule has 8 heteroatoms. The molecular formula is C10H20N4O3S. The van der Waals surface area contributed by atoms with E-state index in [1.807, 2.05) is 6.92 Å². The summed E-state index contributed by atoms with van der Waals surface area (Å²) in [5.41, 5.74) is 5.61. The second kappa shape index (κ2) is 6.17. The lowest BCUT2D eigenvalue weighted by molar-refractivity contribution is 0.122. The summed E-state index contributed by atoms with van der Waals surface area (Å²) in [5, 5.41) is 3.96. The van der Waals surface area contributed by atoms with Crippen molar-refractivity contribution in [1.29, 1.82) is 0 Å². The maximum atomic E-state index is 12.0. The van der Waals surface area contributed by atoms with Crippen LogP contribution in [0.1, 0.15) is 20.3 Å². The Balaban J connectivity index is 2.84. The number of nitrogens with one attached hydrogen (secondary N) is 1. The van der Waals surface area contributed by atoms with E-state index >= 15 is 0 Å². The van der Waals surface area contributed by atoms with E-state index in [4.69, 9.17) is 10.5 Å². The number of aromatic nitrogens is 2. The van der Waals surface area contributed by atoms with Crippen molar-refractivity contribution in [2.24, 2.45) is 0 Å². The third kappa shape index (κ3) is 3.69. The number of ether oxygens (including phenoxy) is 1. The van der Waals surface area contributed by atoms with Gasteiger partial charge in [-0.05, 0) is 13.3 Å². The average molecular weight is 276 g/mol. The quantitative estimate of drug-likeness (QED) is 0.740. The summed E-state index contributed by atoms with van der Waals surface area (Å²) in [7, 11) is -2.11. The Bertz CT molecular complexity index is 483. The van der Waals surface area contributed by atoms with Gasteiger partial charge in [0.05, 0.1) is 6.10 Å². The van der Waals surface area contributed by atoms with Crippen molar-refractivity contribution in [2.45, 2.75) is 37.8 Å². The van der Waals surface area contributed by atoms with Crippen molar-refractivity contribution in [3.05, 3.63) is 6.20 Å². The highest BCUT2D eigenvalue weighted by Gasteiger charge is 2.21. The van der Waals surface area contributed by atoms with Crippen molar-refractivity contribution >= 4 is 15.8 Å². The van der Waals surface area contributed by atoms with Gasteiger partial charge in [-0.3, -0.25) is 4.68 Å². The molecule has 0 saturated carbocycles. The second-order valence-electron chi connectivity index (χ2n) is 4.04. The highest BCUT2D eigenvalue weighted by molar-refractivity contribution is 7.89. The molecule has 0 saturated heterocycles. The van der Waals surface area contributed by atoms with E-state index in [0.29, 0.717) is 6.54 Å². The lowest BCUT2D eigenvalue weighted by Crippen LogP contribution is -2.31. The molecule has 1 aromatic rings. The van der Waals surface area contributed by atoms with Gasteiger partial charge < -0.3 is 10.5 Å². The van der Waals surface area contributed by atoms with Crippen molar-refractivity contribution < 1.29 is 13.2 Å². The van der Waals surface area contributed by atoms with Crippen molar-refractivity contribution in [3.8, 4) is 0 Å². The average Bonchev–Trinajstić information content (AvgIpc) is 2.68. The van der Waals surface area contributed by atoms with Crippen LogP contribution in [0.3, 0.4) is 0 Å². The Kier molecular flexibility index (Phi) is 5.12. The smallest absolute Gasteiger partial charge is 0.245 e. The molecule has 0 radical (unpaired) electrons. The zero-order valence-corrected chi connectivity index (χ0v) is 11.7. The molecule has 0 amide bonds. The summed E-state index contributed by atoms with van der Waals surface area (Å²) < 4.78 is 32.9. The lowest BCUT2D eigenvalue weighted by atomic mass is 10.4. The number of rotatable bonds is 7. The highest BCUT2D eigenvalue weighted by Crippen LogP contribution is 2.16. The minimum absolute atomic E-state index is 0.0132. The number of hydrogen-bond acceptors (Lipinski definition) is 5. The Morgan fingerprint density at radius 1 is 1.61 bits per heavy atom. The van der Waals surface area contributed by atoms with E-state index < -0.39 is 10.0 Å². The standard InChI is InChI=1S/C10H20N4O3S/c1-4-5-14-7-9(10(11)13-14)18(15,16)12-6-8(2)17-3/h7-8,12H,4-6H2,1-3H3,(H2,11,13). The molecule has 0 aliphatic rings. The van der Waals surface area contributed by atoms with Gasteiger partial charge in [-0.25, -0.2) is 13.1 Å². The fourth-order valence-corrected chi connectivity index (χ4v) is 2.54. The molecule has 0 bridgehead atoms. The maximum absolute atomic E-state index is 12.0. The normalized spacial score (nSPS) is 13.7. The van der Waals surface area contributed by atoms with E-state index in [1.165, 1.54) is 18.0 Å². The van der Waals surface area contributed by atoms with Gasteiger partial charge >= 0.3 is 0 Å². The van der Waals surface area contributed by atoms with Gasteiger partial charge in [-0.2, -0.15) is 5.10 Å². The molecule has 1 heterocycles. The molecule has 1 unspecified atom stereocenters. The Morgan fingerprint density at radius 2 is 2.28 bits per heavy atom. The van der Waals surface area contributed by atoms with Crippen LogP contribution in [0.4, 0.5) is 5.82 Å². The first-order chi connectivity index (χ1) is 8.40. The predicted molar refractivity (Wildman–Crippen MR) is 68.6 cm³/mol. The molecule has 0 spiro atoms. The molecular weight excluding hydrogens is 256 g/mol. The fourth-order valence-electron chi connectivity index (χ4n) is 1.36. The van der Waals surface area contributed by atoms with Gasteiger partial charge in [0.15, 0.2) is 5.82 Å². The number of anilines is 1. The lowest BCUT2D eigenvalue weighted by Gasteiger charge is -2.10. The van der Waals surface area contributed by atoms with Gasteiger partial charge in [0.25, 0.3) is 0 Å². The van der Waals surface area contributed by atoms with Crippen molar-refractivity contribution in [3.63, 3.8) is 0 Å². The van der Waals surface area contributed by atoms with Crippen LogP contribution in [-0.4, -0.2) is 38.0 Å². The third-order valence-electron chi connectivity index (χ3n) is 2.46. The molecule has 0 fully saturated rings. The molecule has 0 aromatic carbocycles. The van der Waals surface area contributed by atoms with Gasteiger partial charge in [0.2, 0.25) is 10.0 Å². The first-order valence-electron chi connectivity index (χ1n) is 5.76. The zero-order valence-electron chi connectivity index (χ0n) is 10.9. The Labute approximate surface area is 107 Å². The van der Waals surface area contributed by atoms with Crippen molar-refractivity contribution in [1.82, 2.24) is 14.5 Å². The van der Waals surface area contributed by atoms with E-state index in [0.717, 1.165) is 6.42 Å². The van der Waals surface area contributed by atoms with Crippen LogP contribution < -0.4 is 10.5 Å². The molecule has 18 heavy (non-hydrogen) atoms. The summed E-state index contributed by atoms with van der Waals surface area (Å²) in [6, 6.07) is 0. The summed E-state index contributed by atoms with van der Waals surface area (Å²) in [6.45, 7) is 4.57. The second-order valence-corrected chi connectivity index (χ2v) is 5.78. The van der Waals surface area contributed by atoms with Crippen LogP contribution in [0, 0.1) is 0 Å². The minimum atomic E-state index is -3.63. The summed E-state index contributed by atoms with van der Waals surface area (Å²) >= 11 is 0. The Hall–Kier alpha value is -1.12. The number of nitrogen functional groups attached to an aromatic ring is 1.